The van der Waals surface area contributed by atoms with Crippen LogP contribution in [0, 0.1) is 5.82 Å². The van der Waals surface area contributed by atoms with E-state index >= 15 is 0 Å². The standard InChI is InChI=1S/C12H15FN2O3/c1-3-15(2)11(16)7-18-12(17)8-4-9(13)6-10(14)5-8/h4-6H,3,7,14H2,1-2H3. The zero-order chi connectivity index (χ0) is 13.7. The number of amides is 1. The minimum atomic E-state index is -0.779. The number of halogens is 1. The van der Waals surface area contributed by atoms with Crippen LogP contribution < -0.4 is 5.73 Å². The number of likely N-dealkylation sites (N-methyl/N-ethyl adjacent to an activating group) is 1. The Balaban J connectivity index is 2.63. The van der Waals surface area contributed by atoms with E-state index in [0.29, 0.717) is 6.54 Å². The van der Waals surface area contributed by atoms with Crippen molar-refractivity contribution in [3.63, 3.8) is 0 Å². The van der Waals surface area contributed by atoms with Crippen LogP contribution in [-0.2, 0) is 9.53 Å². The first kappa shape index (κ1) is 14.0. The van der Waals surface area contributed by atoms with Crippen molar-refractivity contribution in [2.45, 2.75) is 6.92 Å². The van der Waals surface area contributed by atoms with E-state index < -0.39 is 11.8 Å². The second kappa shape index (κ2) is 6.00. The molecule has 0 saturated carbocycles. The van der Waals surface area contributed by atoms with E-state index in [4.69, 9.17) is 10.5 Å². The molecule has 0 radical (unpaired) electrons. The van der Waals surface area contributed by atoms with Crippen LogP contribution in [0.15, 0.2) is 18.2 Å². The second-order valence-electron chi connectivity index (χ2n) is 3.76. The molecular formula is C12H15FN2O3. The number of hydrogen-bond acceptors (Lipinski definition) is 4. The number of carbonyl (C=O) groups excluding carboxylic acids is 2. The molecule has 0 aliphatic rings. The molecule has 6 heteroatoms. The van der Waals surface area contributed by atoms with E-state index in [1.807, 2.05) is 0 Å². The molecule has 0 heterocycles. The number of carbonyl (C=O) groups is 2. The van der Waals surface area contributed by atoms with Crippen LogP contribution in [0.5, 0.6) is 0 Å². The summed E-state index contributed by atoms with van der Waals surface area (Å²) >= 11 is 0. The summed E-state index contributed by atoms with van der Waals surface area (Å²) in [7, 11) is 1.59. The van der Waals surface area contributed by atoms with E-state index in [-0.39, 0.29) is 23.8 Å². The Hall–Kier alpha value is -2.11. The highest BCUT2D eigenvalue weighted by molar-refractivity contribution is 5.92. The van der Waals surface area contributed by atoms with Crippen molar-refractivity contribution >= 4 is 17.6 Å². The third-order valence-corrected chi connectivity index (χ3v) is 2.38. The first-order chi connectivity index (χ1) is 8.43. The summed E-state index contributed by atoms with van der Waals surface area (Å²) in [6, 6.07) is 3.39. The number of benzene rings is 1. The zero-order valence-electron chi connectivity index (χ0n) is 10.3. The Bertz CT molecular complexity index is 442. The SMILES string of the molecule is CCN(C)C(=O)COC(=O)c1cc(N)cc(F)c1. The maximum Gasteiger partial charge on any atom is 0.338 e. The summed E-state index contributed by atoms with van der Waals surface area (Å²) in [5.74, 6) is -1.73. The highest BCUT2D eigenvalue weighted by atomic mass is 19.1. The van der Waals surface area contributed by atoms with Gasteiger partial charge < -0.3 is 15.4 Å². The van der Waals surface area contributed by atoms with E-state index in [1.165, 1.54) is 11.0 Å². The molecule has 0 spiro atoms. The Morgan fingerprint density at radius 2 is 2.06 bits per heavy atom. The zero-order valence-corrected chi connectivity index (χ0v) is 10.3. The first-order valence-corrected chi connectivity index (χ1v) is 5.41. The van der Waals surface area contributed by atoms with Gasteiger partial charge in [0, 0.05) is 19.3 Å². The first-order valence-electron chi connectivity index (χ1n) is 5.41. The molecule has 1 rings (SSSR count). The summed E-state index contributed by atoms with van der Waals surface area (Å²) in [6.45, 7) is 1.94. The maximum atomic E-state index is 13.0. The topological polar surface area (TPSA) is 72.6 Å². The van der Waals surface area contributed by atoms with Crippen molar-refractivity contribution < 1.29 is 18.7 Å². The quantitative estimate of drug-likeness (QED) is 0.643. The lowest BCUT2D eigenvalue weighted by molar-refractivity contribution is -0.133. The summed E-state index contributed by atoms with van der Waals surface area (Å²) in [6.07, 6.45) is 0. The van der Waals surface area contributed by atoms with Crippen LogP contribution in [-0.4, -0.2) is 37.0 Å². The average molecular weight is 254 g/mol. The van der Waals surface area contributed by atoms with Crippen molar-refractivity contribution in [2.24, 2.45) is 0 Å². The molecule has 0 unspecified atom stereocenters. The average Bonchev–Trinajstić information content (AvgIpc) is 2.33. The molecule has 2 N–H and O–H groups in total. The number of nitrogens with zero attached hydrogens (tertiary/aromatic N) is 1. The molecule has 0 aromatic heterocycles. The minimum absolute atomic E-state index is 0.0144. The number of nitrogen functional groups attached to an aromatic ring is 1. The van der Waals surface area contributed by atoms with Gasteiger partial charge in [0.25, 0.3) is 5.91 Å². The summed E-state index contributed by atoms with van der Waals surface area (Å²) in [4.78, 5) is 24.4. The second-order valence-corrected chi connectivity index (χ2v) is 3.76. The highest BCUT2D eigenvalue weighted by Crippen LogP contribution is 2.11. The van der Waals surface area contributed by atoms with Crippen molar-refractivity contribution in [1.82, 2.24) is 4.90 Å². The molecule has 0 aliphatic carbocycles. The molecule has 98 valence electrons. The Kier molecular flexibility index (Phi) is 4.65. The van der Waals surface area contributed by atoms with Gasteiger partial charge in [-0.25, -0.2) is 9.18 Å². The summed E-state index contributed by atoms with van der Waals surface area (Å²) < 4.78 is 17.8. The lowest BCUT2D eigenvalue weighted by Crippen LogP contribution is -2.30. The van der Waals surface area contributed by atoms with Crippen LogP contribution in [0.3, 0.4) is 0 Å². The van der Waals surface area contributed by atoms with Gasteiger partial charge in [0.15, 0.2) is 6.61 Å². The molecule has 5 nitrogen and oxygen atoms in total. The van der Waals surface area contributed by atoms with Gasteiger partial charge in [0.05, 0.1) is 5.56 Å². The lowest BCUT2D eigenvalue weighted by atomic mass is 10.2. The molecule has 1 aromatic carbocycles. The normalized spacial score (nSPS) is 9.94. The van der Waals surface area contributed by atoms with Crippen molar-refractivity contribution in [1.29, 1.82) is 0 Å². The van der Waals surface area contributed by atoms with Gasteiger partial charge in [0.2, 0.25) is 0 Å². The fourth-order valence-electron chi connectivity index (χ4n) is 1.23. The molecule has 0 aliphatic heterocycles. The molecule has 18 heavy (non-hydrogen) atoms. The number of anilines is 1. The van der Waals surface area contributed by atoms with E-state index in [0.717, 1.165) is 12.1 Å². The van der Waals surface area contributed by atoms with Crippen LogP contribution >= 0.6 is 0 Å². The third-order valence-electron chi connectivity index (χ3n) is 2.38. The van der Waals surface area contributed by atoms with Gasteiger partial charge in [-0.05, 0) is 25.1 Å². The van der Waals surface area contributed by atoms with Crippen LogP contribution in [0.4, 0.5) is 10.1 Å². The van der Waals surface area contributed by atoms with Crippen LogP contribution in [0.25, 0.3) is 0 Å². The molecule has 0 bridgehead atoms. The number of nitrogens with two attached hydrogens (primary N) is 1. The number of ether oxygens (including phenoxy) is 1. The van der Waals surface area contributed by atoms with Gasteiger partial charge in [0.1, 0.15) is 5.82 Å². The number of esters is 1. The Morgan fingerprint density at radius 1 is 1.39 bits per heavy atom. The van der Waals surface area contributed by atoms with Gasteiger partial charge in [-0.3, -0.25) is 4.79 Å². The molecular weight excluding hydrogens is 239 g/mol. The van der Waals surface area contributed by atoms with Gasteiger partial charge in [-0.2, -0.15) is 0 Å². The monoisotopic (exact) mass is 254 g/mol. The van der Waals surface area contributed by atoms with Crippen molar-refractivity contribution in [2.75, 3.05) is 25.9 Å². The summed E-state index contributed by atoms with van der Waals surface area (Å²) in [5, 5.41) is 0. The molecule has 0 atom stereocenters. The number of rotatable bonds is 4. The predicted octanol–water partition coefficient (Wildman–Crippen LogP) is 1.04. The van der Waals surface area contributed by atoms with Crippen molar-refractivity contribution in [3.8, 4) is 0 Å². The maximum absolute atomic E-state index is 13.0. The molecule has 1 amide bonds. The van der Waals surface area contributed by atoms with Crippen LogP contribution in [0.1, 0.15) is 17.3 Å². The highest BCUT2D eigenvalue weighted by Gasteiger charge is 2.13. The molecule has 0 fully saturated rings. The Labute approximate surface area is 104 Å². The van der Waals surface area contributed by atoms with E-state index in [2.05, 4.69) is 0 Å². The summed E-state index contributed by atoms with van der Waals surface area (Å²) in [5.41, 5.74) is 5.51. The molecule has 0 saturated heterocycles. The predicted molar refractivity (Wildman–Crippen MR) is 64.4 cm³/mol. The van der Waals surface area contributed by atoms with Gasteiger partial charge >= 0.3 is 5.97 Å². The fourth-order valence-corrected chi connectivity index (χ4v) is 1.23. The minimum Gasteiger partial charge on any atom is -0.452 e. The lowest BCUT2D eigenvalue weighted by Gasteiger charge is -2.14. The largest absolute Gasteiger partial charge is 0.452 e. The smallest absolute Gasteiger partial charge is 0.338 e. The fraction of sp³-hybridized carbons (Fsp3) is 0.333. The van der Waals surface area contributed by atoms with Gasteiger partial charge in [-0.1, -0.05) is 0 Å². The third kappa shape index (κ3) is 3.73. The van der Waals surface area contributed by atoms with Crippen LogP contribution in [0.2, 0.25) is 0 Å². The number of hydrogen-bond donors (Lipinski definition) is 1. The molecule has 1 aromatic rings. The van der Waals surface area contributed by atoms with Gasteiger partial charge in [-0.15, -0.1) is 0 Å². The van der Waals surface area contributed by atoms with E-state index in [9.17, 15) is 14.0 Å². The van der Waals surface area contributed by atoms with Crippen molar-refractivity contribution in [3.05, 3.63) is 29.6 Å². The Morgan fingerprint density at radius 3 is 2.61 bits per heavy atom. The van der Waals surface area contributed by atoms with E-state index in [1.54, 1.807) is 14.0 Å².